The lowest BCUT2D eigenvalue weighted by Gasteiger charge is -2.32. The van der Waals surface area contributed by atoms with Gasteiger partial charge in [0.05, 0.1) is 7.11 Å². The topological polar surface area (TPSA) is 41.6 Å². The number of nitrogens with zero attached hydrogens (tertiary/aromatic N) is 1. The molecule has 0 aliphatic carbocycles. The molecule has 1 fully saturated rings. The number of piperidine rings is 1. The summed E-state index contributed by atoms with van der Waals surface area (Å²) in [5.41, 5.74) is 0.717. The number of hydrogen-bond acceptors (Lipinski definition) is 3. The number of amides is 1. The second-order valence-electron chi connectivity index (χ2n) is 5.28. The van der Waals surface area contributed by atoms with Crippen LogP contribution in [0, 0.1) is 5.92 Å². The summed E-state index contributed by atoms with van der Waals surface area (Å²) >= 11 is 0. The van der Waals surface area contributed by atoms with Crippen molar-refractivity contribution in [3.63, 3.8) is 0 Å². The van der Waals surface area contributed by atoms with Crippen molar-refractivity contribution in [2.75, 3.05) is 33.3 Å². The van der Waals surface area contributed by atoms with Crippen LogP contribution < -0.4 is 10.1 Å². The monoisotopic (exact) mass is 312 g/mol. The smallest absolute Gasteiger partial charge is 0.253 e. The molecule has 4 nitrogen and oxygen atoms in total. The lowest BCUT2D eigenvalue weighted by Crippen LogP contribution is -2.40. The van der Waals surface area contributed by atoms with Crippen LogP contribution in [0.15, 0.2) is 24.3 Å². The Morgan fingerprint density at radius 3 is 2.71 bits per heavy atom. The first kappa shape index (κ1) is 17.8. The third-order valence-corrected chi connectivity index (χ3v) is 3.90. The molecule has 118 valence electrons. The lowest BCUT2D eigenvalue weighted by molar-refractivity contribution is 0.0690. The highest BCUT2D eigenvalue weighted by Gasteiger charge is 2.23. The molecule has 0 atom stereocenters. The van der Waals surface area contributed by atoms with Gasteiger partial charge < -0.3 is 15.0 Å². The molecule has 0 saturated carbocycles. The predicted molar refractivity (Wildman–Crippen MR) is 87.4 cm³/mol. The van der Waals surface area contributed by atoms with Gasteiger partial charge in [-0.05, 0) is 50.0 Å². The molecule has 1 heterocycles. The van der Waals surface area contributed by atoms with Gasteiger partial charge in [-0.25, -0.2) is 0 Å². The molecular formula is C16H25ClN2O2. The number of rotatable bonds is 5. The van der Waals surface area contributed by atoms with E-state index in [4.69, 9.17) is 4.74 Å². The fourth-order valence-corrected chi connectivity index (χ4v) is 2.63. The van der Waals surface area contributed by atoms with Crippen LogP contribution in [0.5, 0.6) is 5.75 Å². The highest BCUT2D eigenvalue weighted by molar-refractivity contribution is 5.94. The molecule has 0 unspecified atom stereocenters. The minimum atomic E-state index is 0. The molecule has 2 rings (SSSR count). The van der Waals surface area contributed by atoms with Crippen molar-refractivity contribution in [2.24, 2.45) is 5.92 Å². The van der Waals surface area contributed by atoms with Gasteiger partial charge in [0.15, 0.2) is 0 Å². The van der Waals surface area contributed by atoms with Crippen molar-refractivity contribution < 1.29 is 9.53 Å². The van der Waals surface area contributed by atoms with Gasteiger partial charge in [-0.3, -0.25) is 4.79 Å². The number of methoxy groups -OCH3 is 1. The molecule has 1 amide bonds. The summed E-state index contributed by atoms with van der Waals surface area (Å²) in [5, 5.41) is 3.39. The average Bonchev–Trinajstić information content (AvgIpc) is 2.52. The van der Waals surface area contributed by atoms with Crippen LogP contribution in [-0.4, -0.2) is 44.1 Å². The minimum absolute atomic E-state index is 0. The Morgan fingerprint density at radius 1 is 1.38 bits per heavy atom. The summed E-state index contributed by atoms with van der Waals surface area (Å²) in [7, 11) is 1.62. The van der Waals surface area contributed by atoms with Crippen LogP contribution in [0.2, 0.25) is 0 Å². The van der Waals surface area contributed by atoms with Crippen molar-refractivity contribution in [3.8, 4) is 5.75 Å². The molecular weight excluding hydrogens is 288 g/mol. The Bertz CT molecular complexity index is 446. The molecule has 0 spiro atoms. The van der Waals surface area contributed by atoms with E-state index in [0.717, 1.165) is 50.3 Å². The molecule has 5 heteroatoms. The number of nitrogens with one attached hydrogen (secondary N) is 1. The second-order valence-corrected chi connectivity index (χ2v) is 5.28. The maximum absolute atomic E-state index is 12.4. The zero-order valence-electron chi connectivity index (χ0n) is 12.8. The SMILES string of the molecule is CCNCC1CCN(C(=O)c2cccc(OC)c2)CC1.Cl. The van der Waals surface area contributed by atoms with E-state index in [-0.39, 0.29) is 18.3 Å². The number of benzene rings is 1. The van der Waals surface area contributed by atoms with Crippen LogP contribution in [0.25, 0.3) is 0 Å². The largest absolute Gasteiger partial charge is 0.497 e. The minimum Gasteiger partial charge on any atom is -0.497 e. The average molecular weight is 313 g/mol. The molecule has 1 aliphatic heterocycles. The van der Waals surface area contributed by atoms with Crippen LogP contribution in [-0.2, 0) is 0 Å². The summed E-state index contributed by atoms with van der Waals surface area (Å²) in [6.07, 6.45) is 2.17. The molecule has 0 radical (unpaired) electrons. The summed E-state index contributed by atoms with van der Waals surface area (Å²) in [5.74, 6) is 1.55. The van der Waals surface area contributed by atoms with E-state index in [0.29, 0.717) is 5.92 Å². The normalized spacial score (nSPS) is 15.4. The third-order valence-electron chi connectivity index (χ3n) is 3.90. The quantitative estimate of drug-likeness (QED) is 0.908. The van der Waals surface area contributed by atoms with Crippen molar-refractivity contribution in [1.82, 2.24) is 10.2 Å². The number of carbonyl (C=O) groups excluding carboxylic acids is 1. The molecule has 1 aromatic carbocycles. The van der Waals surface area contributed by atoms with Gasteiger partial charge in [0.25, 0.3) is 5.91 Å². The Hall–Kier alpha value is -1.26. The summed E-state index contributed by atoms with van der Waals surface area (Å²) in [6.45, 7) is 5.92. The van der Waals surface area contributed by atoms with E-state index < -0.39 is 0 Å². The van der Waals surface area contributed by atoms with E-state index in [1.54, 1.807) is 7.11 Å². The summed E-state index contributed by atoms with van der Waals surface area (Å²) < 4.78 is 5.17. The van der Waals surface area contributed by atoms with Crippen LogP contribution in [0.4, 0.5) is 0 Å². The fraction of sp³-hybridized carbons (Fsp3) is 0.562. The van der Waals surface area contributed by atoms with E-state index in [9.17, 15) is 4.79 Å². The van der Waals surface area contributed by atoms with Crippen LogP contribution >= 0.6 is 12.4 Å². The Morgan fingerprint density at radius 2 is 2.10 bits per heavy atom. The van der Waals surface area contributed by atoms with E-state index >= 15 is 0 Å². The molecule has 1 aliphatic rings. The molecule has 0 aromatic heterocycles. The second kappa shape index (κ2) is 8.90. The highest BCUT2D eigenvalue weighted by atomic mass is 35.5. The van der Waals surface area contributed by atoms with Crippen molar-refractivity contribution in [1.29, 1.82) is 0 Å². The van der Waals surface area contributed by atoms with Crippen molar-refractivity contribution in [2.45, 2.75) is 19.8 Å². The molecule has 0 bridgehead atoms. The molecule has 1 aromatic rings. The fourth-order valence-electron chi connectivity index (χ4n) is 2.63. The van der Waals surface area contributed by atoms with Gasteiger partial charge in [0, 0.05) is 18.7 Å². The Balaban J connectivity index is 0.00000220. The van der Waals surface area contributed by atoms with Crippen LogP contribution in [0.3, 0.4) is 0 Å². The van der Waals surface area contributed by atoms with E-state index in [2.05, 4.69) is 12.2 Å². The van der Waals surface area contributed by atoms with E-state index in [1.807, 2.05) is 29.2 Å². The lowest BCUT2D eigenvalue weighted by atomic mass is 9.96. The van der Waals surface area contributed by atoms with Crippen molar-refractivity contribution >= 4 is 18.3 Å². The van der Waals surface area contributed by atoms with Gasteiger partial charge in [0.1, 0.15) is 5.75 Å². The maximum Gasteiger partial charge on any atom is 0.253 e. The Kier molecular flexibility index (Phi) is 7.54. The number of carbonyl (C=O) groups is 1. The molecule has 21 heavy (non-hydrogen) atoms. The zero-order valence-corrected chi connectivity index (χ0v) is 13.6. The Labute approximate surface area is 133 Å². The first-order valence-corrected chi connectivity index (χ1v) is 7.38. The maximum atomic E-state index is 12.4. The number of hydrogen-bond donors (Lipinski definition) is 1. The predicted octanol–water partition coefficient (Wildman–Crippen LogP) is 2.58. The zero-order chi connectivity index (χ0) is 14.4. The standard InChI is InChI=1S/C16H24N2O2.ClH/c1-3-17-12-13-7-9-18(10-8-13)16(19)14-5-4-6-15(11-14)20-2;/h4-6,11,13,17H,3,7-10,12H2,1-2H3;1H. The van der Waals surface area contributed by atoms with Gasteiger partial charge in [-0.15, -0.1) is 12.4 Å². The highest BCUT2D eigenvalue weighted by Crippen LogP contribution is 2.20. The molecule has 1 saturated heterocycles. The number of halogens is 1. The summed E-state index contributed by atoms with van der Waals surface area (Å²) in [6, 6.07) is 7.39. The first-order chi connectivity index (χ1) is 9.74. The van der Waals surface area contributed by atoms with Gasteiger partial charge >= 0.3 is 0 Å². The van der Waals surface area contributed by atoms with Gasteiger partial charge in [-0.2, -0.15) is 0 Å². The van der Waals surface area contributed by atoms with Gasteiger partial charge in [0.2, 0.25) is 0 Å². The third kappa shape index (κ3) is 4.90. The summed E-state index contributed by atoms with van der Waals surface area (Å²) in [4.78, 5) is 14.4. The number of likely N-dealkylation sites (tertiary alicyclic amines) is 1. The van der Waals surface area contributed by atoms with E-state index in [1.165, 1.54) is 0 Å². The molecule has 1 N–H and O–H groups in total. The number of ether oxygens (including phenoxy) is 1. The first-order valence-electron chi connectivity index (χ1n) is 7.38. The van der Waals surface area contributed by atoms with Crippen molar-refractivity contribution in [3.05, 3.63) is 29.8 Å². The van der Waals surface area contributed by atoms with Gasteiger partial charge in [-0.1, -0.05) is 13.0 Å². The van der Waals surface area contributed by atoms with Crippen LogP contribution in [0.1, 0.15) is 30.1 Å².